The summed E-state index contributed by atoms with van der Waals surface area (Å²) < 4.78 is 23.2. The number of para-hydroxylation sites is 2. The van der Waals surface area contributed by atoms with Gasteiger partial charge in [-0.15, -0.1) is 45.3 Å². The van der Waals surface area contributed by atoms with E-state index in [1.54, 1.807) is 0 Å². The lowest BCUT2D eigenvalue weighted by Gasteiger charge is -2.22. The third-order valence-corrected chi connectivity index (χ3v) is 26.1. The van der Waals surface area contributed by atoms with Crippen molar-refractivity contribution in [3.05, 3.63) is 285 Å². The van der Waals surface area contributed by atoms with Crippen LogP contribution in [0.5, 0.6) is 0 Å². The fraction of sp³-hybridized carbons (Fsp3) is 0.294. The van der Waals surface area contributed by atoms with E-state index in [4.69, 9.17) is 8.83 Å². The van der Waals surface area contributed by atoms with Gasteiger partial charge >= 0.3 is 0 Å². The Balaban J connectivity index is 0.000000114. The maximum absolute atomic E-state index is 6.02. The average molecular weight is 1490 g/mol. The molecule has 0 N–H and O–H groups in total. The first kappa shape index (κ1) is 77.3. The van der Waals surface area contributed by atoms with Crippen molar-refractivity contribution >= 4 is 170 Å². The normalized spacial score (nSPS) is 12.4. The Labute approximate surface area is 657 Å². The van der Waals surface area contributed by atoms with E-state index < -0.39 is 0 Å². The fourth-order valence-electron chi connectivity index (χ4n) is 16.3. The number of hydrogen-bond donors (Lipinski definition) is 0. The van der Waals surface area contributed by atoms with E-state index in [0.717, 1.165) is 22.3 Å². The molecule has 12 aromatic carbocycles. The zero-order chi connectivity index (χ0) is 77.5. The molecule has 0 unspecified atom stereocenters. The molecule has 0 aliphatic heterocycles. The topological polar surface area (TPSA) is 26.3 Å². The second-order valence-electron chi connectivity index (χ2n) is 35.9. The van der Waals surface area contributed by atoms with Gasteiger partial charge in [0.2, 0.25) is 0 Å². The van der Waals surface area contributed by atoms with E-state index in [0.29, 0.717) is 0 Å². The quantitative estimate of drug-likeness (QED) is 0.151. The molecular weight excluding hydrogens is 1390 g/mol. The van der Waals surface area contributed by atoms with Crippen molar-refractivity contribution in [2.45, 2.75) is 199 Å². The third-order valence-electron chi connectivity index (χ3n) is 21.3. The largest absolute Gasteiger partial charge is 0.456 e. The molecule has 0 bridgehead atoms. The number of benzene rings is 12. The van der Waals surface area contributed by atoms with Crippen LogP contribution in [-0.2, 0) is 32.5 Å². The van der Waals surface area contributed by atoms with Crippen LogP contribution in [0.15, 0.2) is 227 Å². The van der Waals surface area contributed by atoms with E-state index in [1.807, 2.05) is 69.6 Å². The average Bonchev–Trinajstić information content (AvgIpc) is 1.64. The van der Waals surface area contributed by atoms with E-state index in [2.05, 4.69) is 360 Å². The minimum Gasteiger partial charge on any atom is -0.456 e. The summed E-state index contributed by atoms with van der Waals surface area (Å²) in [5.74, 6) is 0. The van der Waals surface area contributed by atoms with Gasteiger partial charge in [0, 0.05) is 102 Å². The second kappa shape index (κ2) is 29.5. The van der Waals surface area contributed by atoms with Crippen LogP contribution in [0.1, 0.15) is 191 Å². The van der Waals surface area contributed by atoms with E-state index >= 15 is 0 Å². The molecule has 108 heavy (non-hydrogen) atoms. The maximum Gasteiger partial charge on any atom is 0.138 e. The molecule has 6 heterocycles. The van der Waals surface area contributed by atoms with Crippen molar-refractivity contribution < 1.29 is 8.83 Å². The number of furan rings is 2. The Morgan fingerprint density at radius 1 is 0.213 bits per heavy atom. The Bertz CT molecular complexity index is 6060. The zero-order valence-corrected chi connectivity index (χ0v) is 71.5. The molecule has 552 valence electrons. The van der Waals surface area contributed by atoms with Gasteiger partial charge in [0.1, 0.15) is 22.3 Å². The van der Waals surface area contributed by atoms with Crippen LogP contribution in [0, 0.1) is 41.5 Å². The van der Waals surface area contributed by atoms with Gasteiger partial charge in [0.05, 0.1) is 0 Å². The molecule has 18 aromatic rings. The molecule has 0 fully saturated rings. The van der Waals surface area contributed by atoms with Crippen LogP contribution >= 0.6 is 45.3 Å². The smallest absolute Gasteiger partial charge is 0.138 e. The van der Waals surface area contributed by atoms with Crippen LogP contribution in [0.25, 0.3) is 125 Å². The third kappa shape index (κ3) is 15.6. The summed E-state index contributed by atoms with van der Waals surface area (Å²) in [5, 5.41) is 16.0. The Morgan fingerprint density at radius 2 is 0.565 bits per heavy atom. The predicted octanol–water partition coefficient (Wildman–Crippen LogP) is 33.0. The highest BCUT2D eigenvalue weighted by molar-refractivity contribution is 7.27. The van der Waals surface area contributed by atoms with E-state index in [1.165, 1.54) is 169 Å². The molecule has 0 spiro atoms. The zero-order valence-electron chi connectivity index (χ0n) is 68.2. The van der Waals surface area contributed by atoms with Crippen LogP contribution in [-0.4, -0.2) is 0 Å². The molecule has 0 saturated carbocycles. The standard InChI is InChI=1S/2C17H18O.4C17H18S/c1-11-9-16-13(10-14(11)17(2,3)4)12-7-5-6-8-15(12)18-16;1-11-14(17(2,3)4)10-9-13-12-7-5-6-8-15(12)18-16(11)13;1-11-9-16-13(10-14(11)17(2,3)4)12-7-5-6-8-15(12)18-16;1-11-9-13-12-7-5-6-8-15(12)18-16(13)10-14(11)17(2,3)4;1-11-14(17(2,3)4)10-9-13-12-7-5-6-8-15(12)18-16(11)13;1-11-9-10-13-12-7-5-6-8-14(12)18-16(13)15(11)17(2,3)4/h6*5-10H,1-4H3. The summed E-state index contributed by atoms with van der Waals surface area (Å²) in [6.07, 6.45) is 0. The lowest BCUT2D eigenvalue weighted by molar-refractivity contribution is 0.582. The summed E-state index contributed by atoms with van der Waals surface area (Å²) in [6, 6.07) is 78.8. The van der Waals surface area contributed by atoms with Crippen molar-refractivity contribution in [1.82, 2.24) is 0 Å². The molecule has 2 nitrogen and oxygen atoms in total. The van der Waals surface area contributed by atoms with Gasteiger partial charge in [-0.1, -0.05) is 270 Å². The molecule has 0 saturated heterocycles. The highest BCUT2D eigenvalue weighted by Crippen LogP contribution is 2.46. The lowest BCUT2D eigenvalue weighted by atomic mass is 9.83. The Hall–Kier alpha value is -8.88. The van der Waals surface area contributed by atoms with Crippen LogP contribution < -0.4 is 0 Å². The summed E-state index contributed by atoms with van der Waals surface area (Å²) in [4.78, 5) is 0. The predicted molar refractivity (Wildman–Crippen MR) is 485 cm³/mol. The van der Waals surface area contributed by atoms with E-state index in [9.17, 15) is 0 Å². The first-order valence-electron chi connectivity index (χ1n) is 38.4. The lowest BCUT2D eigenvalue weighted by Crippen LogP contribution is -2.13. The summed E-state index contributed by atoms with van der Waals surface area (Å²) in [6.45, 7) is 54.2. The first-order valence-corrected chi connectivity index (χ1v) is 41.6. The van der Waals surface area contributed by atoms with Gasteiger partial charge in [0.25, 0.3) is 0 Å². The summed E-state index contributed by atoms with van der Waals surface area (Å²) in [5.41, 5.74) is 22.0. The monoisotopic (exact) mass is 1490 g/mol. The van der Waals surface area contributed by atoms with Crippen molar-refractivity contribution in [3.63, 3.8) is 0 Å². The van der Waals surface area contributed by atoms with Gasteiger partial charge < -0.3 is 8.83 Å². The van der Waals surface area contributed by atoms with Gasteiger partial charge in [-0.3, -0.25) is 0 Å². The van der Waals surface area contributed by atoms with Crippen molar-refractivity contribution in [3.8, 4) is 0 Å². The van der Waals surface area contributed by atoms with Crippen LogP contribution in [0.3, 0.4) is 0 Å². The van der Waals surface area contributed by atoms with Crippen molar-refractivity contribution in [2.24, 2.45) is 0 Å². The number of aryl methyl sites for hydroxylation is 6. The maximum atomic E-state index is 6.02. The summed E-state index contributed by atoms with van der Waals surface area (Å²) in [7, 11) is 0. The molecular formula is C102H108O2S4. The minimum absolute atomic E-state index is 0.150. The van der Waals surface area contributed by atoms with Crippen LogP contribution in [0.4, 0.5) is 0 Å². The van der Waals surface area contributed by atoms with Gasteiger partial charge in [-0.25, -0.2) is 0 Å². The summed E-state index contributed by atoms with van der Waals surface area (Å²) >= 11 is 7.64. The number of thiophene rings is 4. The molecule has 0 aliphatic carbocycles. The van der Waals surface area contributed by atoms with Gasteiger partial charge in [-0.05, 0) is 214 Å². The second-order valence-corrected chi connectivity index (χ2v) is 40.2. The number of rotatable bonds is 0. The van der Waals surface area contributed by atoms with Crippen molar-refractivity contribution in [1.29, 1.82) is 0 Å². The van der Waals surface area contributed by atoms with E-state index in [-0.39, 0.29) is 32.5 Å². The molecule has 6 heteroatoms. The minimum atomic E-state index is 0.150. The number of hydrogen-bond acceptors (Lipinski definition) is 6. The molecule has 0 amide bonds. The highest BCUT2D eigenvalue weighted by Gasteiger charge is 2.26. The first-order chi connectivity index (χ1) is 50.8. The van der Waals surface area contributed by atoms with Gasteiger partial charge in [-0.2, -0.15) is 0 Å². The molecule has 0 radical (unpaired) electrons. The Kier molecular flexibility index (Phi) is 21.1. The molecule has 0 atom stereocenters. The molecule has 0 aliphatic rings. The Morgan fingerprint density at radius 3 is 1.06 bits per heavy atom. The molecule has 6 aromatic heterocycles. The van der Waals surface area contributed by atoms with Crippen molar-refractivity contribution in [2.75, 3.05) is 0 Å². The fourth-order valence-corrected chi connectivity index (χ4v) is 21.4. The molecule has 18 rings (SSSR count). The van der Waals surface area contributed by atoms with Crippen LogP contribution in [0.2, 0.25) is 0 Å². The highest BCUT2D eigenvalue weighted by atomic mass is 32.1. The number of fused-ring (bicyclic) bond motifs is 18. The SMILES string of the molecule is Cc1c(C(C)(C)C)ccc2c1oc1ccccc12.Cc1c(C(C)(C)C)ccc2c1sc1ccccc12.Cc1cc2c(cc1C(C)(C)C)sc1ccccc12.Cc1cc2oc3ccccc3c2cc1C(C)(C)C.Cc1cc2sc3ccccc3c2cc1C(C)(C)C.Cc1ccc2c(sc3ccccc32)c1C(C)(C)C. The van der Waals surface area contributed by atoms with Gasteiger partial charge in [0.15, 0.2) is 0 Å².